The molecule has 2 rings (SSSR count). The molecule has 0 bridgehead atoms. The molecule has 1 heterocycles. The van der Waals surface area contributed by atoms with Gasteiger partial charge in [-0.1, -0.05) is 0 Å². The molecule has 2 nitrogen and oxygen atoms in total. The summed E-state index contributed by atoms with van der Waals surface area (Å²) >= 11 is 1.80. The average molecular weight is 230 g/mol. The van der Waals surface area contributed by atoms with Gasteiger partial charge in [-0.3, -0.25) is 4.98 Å². The van der Waals surface area contributed by atoms with Gasteiger partial charge in [-0.15, -0.1) is 11.8 Å². The molecule has 2 N–H and O–H groups in total. The van der Waals surface area contributed by atoms with Crippen molar-refractivity contribution in [3.8, 4) is 0 Å². The van der Waals surface area contributed by atoms with Gasteiger partial charge >= 0.3 is 0 Å². The van der Waals surface area contributed by atoms with Gasteiger partial charge in [-0.2, -0.15) is 0 Å². The Balaban J connectivity index is 2.02. The quantitative estimate of drug-likeness (QED) is 0.649. The summed E-state index contributed by atoms with van der Waals surface area (Å²) in [5, 5.41) is 0. The zero-order valence-electron chi connectivity index (χ0n) is 9.18. The fourth-order valence-corrected chi connectivity index (χ4v) is 2.33. The Bertz CT molecular complexity index is 466. The highest BCUT2D eigenvalue weighted by molar-refractivity contribution is 7.98. The van der Waals surface area contributed by atoms with E-state index in [4.69, 9.17) is 5.73 Å². The van der Waals surface area contributed by atoms with Crippen LogP contribution in [0.3, 0.4) is 0 Å². The summed E-state index contributed by atoms with van der Waals surface area (Å²) < 4.78 is 0. The molecule has 0 fully saturated rings. The van der Waals surface area contributed by atoms with Crippen LogP contribution in [0.25, 0.3) is 0 Å². The number of hydrogen-bond donors (Lipinski definition) is 1. The largest absolute Gasteiger partial charge is 0.399 e. The van der Waals surface area contributed by atoms with Gasteiger partial charge in [0.05, 0.1) is 0 Å². The Kier molecular flexibility index (Phi) is 3.47. The van der Waals surface area contributed by atoms with Crippen molar-refractivity contribution < 1.29 is 0 Å². The standard InChI is InChI=1S/C13H14N2S/c1-10-6-7-15-8-11(10)9-16-13-4-2-12(14)3-5-13/h2-8H,9,14H2,1H3. The summed E-state index contributed by atoms with van der Waals surface area (Å²) in [6.07, 6.45) is 3.76. The first kappa shape index (κ1) is 11.0. The summed E-state index contributed by atoms with van der Waals surface area (Å²) in [5.41, 5.74) is 9.02. The lowest BCUT2D eigenvalue weighted by molar-refractivity contribution is 1.20. The zero-order valence-corrected chi connectivity index (χ0v) is 10.00. The molecule has 3 heteroatoms. The normalized spacial score (nSPS) is 10.3. The van der Waals surface area contributed by atoms with Crippen LogP contribution in [0, 0.1) is 6.92 Å². The van der Waals surface area contributed by atoms with E-state index in [0.29, 0.717) is 0 Å². The number of benzene rings is 1. The van der Waals surface area contributed by atoms with Crippen molar-refractivity contribution >= 4 is 17.4 Å². The number of nitrogen functional groups attached to an aromatic ring is 1. The molecule has 0 spiro atoms. The van der Waals surface area contributed by atoms with Gasteiger partial charge in [0.2, 0.25) is 0 Å². The van der Waals surface area contributed by atoms with E-state index in [1.807, 2.05) is 42.7 Å². The summed E-state index contributed by atoms with van der Waals surface area (Å²) in [5.74, 6) is 0.948. The van der Waals surface area contributed by atoms with Gasteiger partial charge in [-0.05, 0) is 48.4 Å². The molecule has 1 aromatic heterocycles. The zero-order chi connectivity index (χ0) is 11.4. The molecular weight excluding hydrogens is 216 g/mol. The monoisotopic (exact) mass is 230 g/mol. The minimum absolute atomic E-state index is 0.807. The number of nitrogens with zero attached hydrogens (tertiary/aromatic N) is 1. The van der Waals surface area contributed by atoms with Gasteiger partial charge in [0, 0.05) is 28.7 Å². The lowest BCUT2D eigenvalue weighted by Gasteiger charge is -2.04. The molecule has 82 valence electrons. The predicted octanol–water partition coefficient (Wildman–Crippen LogP) is 3.26. The summed E-state index contributed by atoms with van der Waals surface area (Å²) in [6.45, 7) is 2.11. The molecule has 0 amide bonds. The highest BCUT2D eigenvalue weighted by Crippen LogP contribution is 2.24. The highest BCUT2D eigenvalue weighted by atomic mass is 32.2. The lowest BCUT2D eigenvalue weighted by atomic mass is 10.2. The van der Waals surface area contributed by atoms with E-state index in [2.05, 4.69) is 11.9 Å². The van der Waals surface area contributed by atoms with Gasteiger partial charge in [0.15, 0.2) is 0 Å². The number of anilines is 1. The van der Waals surface area contributed by atoms with Gasteiger partial charge in [0.25, 0.3) is 0 Å². The van der Waals surface area contributed by atoms with Crippen LogP contribution < -0.4 is 5.73 Å². The third-order valence-corrected chi connectivity index (χ3v) is 3.48. The maximum Gasteiger partial charge on any atom is 0.0314 e. The van der Waals surface area contributed by atoms with Crippen LogP contribution in [0.15, 0.2) is 47.6 Å². The van der Waals surface area contributed by atoms with E-state index in [9.17, 15) is 0 Å². The van der Waals surface area contributed by atoms with Gasteiger partial charge < -0.3 is 5.73 Å². The smallest absolute Gasteiger partial charge is 0.0314 e. The second-order valence-corrected chi connectivity index (χ2v) is 4.71. The molecule has 0 saturated carbocycles. The first-order chi connectivity index (χ1) is 7.75. The molecule has 2 aromatic rings. The molecule has 16 heavy (non-hydrogen) atoms. The molecule has 0 aliphatic carbocycles. The van der Waals surface area contributed by atoms with Crippen LogP contribution in [-0.4, -0.2) is 4.98 Å². The first-order valence-corrected chi connectivity index (χ1v) is 6.12. The highest BCUT2D eigenvalue weighted by Gasteiger charge is 1.99. The molecule has 0 aliphatic heterocycles. The fourth-order valence-electron chi connectivity index (χ4n) is 1.37. The molecule has 0 atom stereocenters. The van der Waals surface area contributed by atoms with Crippen molar-refractivity contribution in [2.24, 2.45) is 0 Å². The molecule has 0 radical (unpaired) electrons. The van der Waals surface area contributed by atoms with Crippen molar-refractivity contribution in [2.45, 2.75) is 17.6 Å². The number of rotatable bonds is 3. The van der Waals surface area contributed by atoms with E-state index in [-0.39, 0.29) is 0 Å². The van der Waals surface area contributed by atoms with Crippen molar-refractivity contribution in [1.29, 1.82) is 0 Å². The topological polar surface area (TPSA) is 38.9 Å². The predicted molar refractivity (Wildman–Crippen MR) is 69.4 cm³/mol. The Hall–Kier alpha value is -1.48. The molecule has 0 saturated heterocycles. The number of nitrogens with two attached hydrogens (primary N) is 1. The first-order valence-electron chi connectivity index (χ1n) is 5.13. The number of hydrogen-bond acceptors (Lipinski definition) is 3. The van der Waals surface area contributed by atoms with Crippen LogP contribution in [0.4, 0.5) is 5.69 Å². The van der Waals surface area contributed by atoms with Crippen LogP contribution in [0.5, 0.6) is 0 Å². The summed E-state index contributed by atoms with van der Waals surface area (Å²) in [6, 6.07) is 9.99. The SMILES string of the molecule is Cc1ccncc1CSc1ccc(N)cc1. The van der Waals surface area contributed by atoms with Crippen molar-refractivity contribution in [1.82, 2.24) is 4.98 Å². The summed E-state index contributed by atoms with van der Waals surface area (Å²) in [7, 11) is 0. The van der Waals surface area contributed by atoms with E-state index in [1.54, 1.807) is 11.8 Å². The van der Waals surface area contributed by atoms with Gasteiger partial charge in [0.1, 0.15) is 0 Å². The maximum atomic E-state index is 5.64. The Morgan fingerprint density at radius 3 is 2.62 bits per heavy atom. The molecule has 1 aromatic carbocycles. The van der Waals surface area contributed by atoms with E-state index >= 15 is 0 Å². The van der Waals surface area contributed by atoms with Crippen molar-refractivity contribution in [3.05, 3.63) is 53.9 Å². The van der Waals surface area contributed by atoms with Crippen molar-refractivity contribution in [3.63, 3.8) is 0 Å². The van der Waals surface area contributed by atoms with Crippen LogP contribution in [0.2, 0.25) is 0 Å². The minimum Gasteiger partial charge on any atom is -0.399 e. The lowest BCUT2D eigenvalue weighted by Crippen LogP contribution is -1.88. The Labute approximate surface area is 99.9 Å². The second kappa shape index (κ2) is 5.03. The minimum atomic E-state index is 0.807. The van der Waals surface area contributed by atoms with Crippen LogP contribution in [-0.2, 0) is 5.75 Å². The van der Waals surface area contributed by atoms with Crippen LogP contribution >= 0.6 is 11.8 Å². The maximum absolute atomic E-state index is 5.64. The number of aryl methyl sites for hydroxylation is 1. The van der Waals surface area contributed by atoms with Gasteiger partial charge in [-0.25, -0.2) is 0 Å². The Morgan fingerprint density at radius 1 is 1.19 bits per heavy atom. The van der Waals surface area contributed by atoms with E-state index in [0.717, 1.165) is 11.4 Å². The molecular formula is C13H14N2S. The summed E-state index contributed by atoms with van der Waals surface area (Å²) in [4.78, 5) is 5.37. The number of thioether (sulfide) groups is 1. The number of pyridine rings is 1. The number of aromatic nitrogens is 1. The van der Waals surface area contributed by atoms with Crippen molar-refractivity contribution in [2.75, 3.05) is 5.73 Å². The molecule has 0 unspecified atom stereocenters. The van der Waals surface area contributed by atoms with E-state index in [1.165, 1.54) is 16.0 Å². The third-order valence-electron chi connectivity index (χ3n) is 2.42. The van der Waals surface area contributed by atoms with E-state index < -0.39 is 0 Å². The Morgan fingerprint density at radius 2 is 1.94 bits per heavy atom. The third kappa shape index (κ3) is 2.76. The molecule has 0 aliphatic rings. The van der Waals surface area contributed by atoms with Crippen LogP contribution in [0.1, 0.15) is 11.1 Å². The fraction of sp³-hybridized carbons (Fsp3) is 0.154. The average Bonchev–Trinajstić information content (AvgIpc) is 2.30. The second-order valence-electron chi connectivity index (χ2n) is 3.66.